The molecule has 1 aliphatic heterocycles. The van der Waals surface area contributed by atoms with Crippen LogP contribution in [-0.2, 0) is 23.2 Å². The molecule has 1 saturated heterocycles. The lowest BCUT2D eigenvalue weighted by Crippen LogP contribution is -2.36. The van der Waals surface area contributed by atoms with Gasteiger partial charge in [-0.05, 0) is 30.5 Å². The van der Waals surface area contributed by atoms with E-state index in [1.807, 2.05) is 10.9 Å². The second-order valence-corrected chi connectivity index (χ2v) is 10.4. The van der Waals surface area contributed by atoms with Crippen molar-refractivity contribution in [2.75, 3.05) is 42.6 Å². The third kappa shape index (κ3) is 5.29. The maximum atomic E-state index is 5.52. The van der Waals surface area contributed by atoms with Crippen molar-refractivity contribution in [3.05, 3.63) is 41.7 Å². The van der Waals surface area contributed by atoms with E-state index in [-0.39, 0.29) is 5.41 Å². The average Bonchev–Trinajstić information content (AvgIpc) is 3.18. The van der Waals surface area contributed by atoms with Crippen molar-refractivity contribution >= 4 is 22.7 Å². The number of hydrogen-bond acceptors (Lipinski definition) is 6. The van der Waals surface area contributed by atoms with Gasteiger partial charge >= 0.3 is 0 Å². The summed E-state index contributed by atoms with van der Waals surface area (Å²) >= 11 is 0. The molecule has 0 bridgehead atoms. The van der Waals surface area contributed by atoms with E-state index in [1.54, 1.807) is 0 Å². The molecule has 178 valence electrons. The molecule has 4 rings (SSSR count). The molecule has 3 heterocycles. The van der Waals surface area contributed by atoms with Crippen LogP contribution in [0.25, 0.3) is 11.0 Å². The predicted octanol–water partition coefficient (Wildman–Crippen LogP) is 4.64. The first kappa shape index (κ1) is 23.5. The summed E-state index contributed by atoms with van der Waals surface area (Å²) in [6.07, 6.45) is 1.95. The van der Waals surface area contributed by atoms with Gasteiger partial charge in [0.15, 0.2) is 0 Å². The Morgan fingerprint density at radius 2 is 1.91 bits per heavy atom. The highest BCUT2D eigenvalue weighted by Gasteiger charge is 2.25. The highest BCUT2D eigenvalue weighted by Crippen LogP contribution is 2.29. The summed E-state index contributed by atoms with van der Waals surface area (Å²) in [5.41, 5.74) is 5.44. The van der Waals surface area contributed by atoms with Crippen LogP contribution in [-0.4, -0.2) is 52.6 Å². The second-order valence-electron chi connectivity index (χ2n) is 10.4. The monoisotopic (exact) mass is 450 g/mol. The fraction of sp³-hybridized carbons (Fsp3) is 0.577. The molecular weight excluding hydrogens is 412 g/mol. The maximum absolute atomic E-state index is 5.52. The first-order valence-corrected chi connectivity index (χ1v) is 12.2. The van der Waals surface area contributed by atoms with Crippen molar-refractivity contribution in [2.45, 2.75) is 60.0 Å². The van der Waals surface area contributed by atoms with E-state index in [2.05, 4.69) is 75.6 Å². The first-order valence-electron chi connectivity index (χ1n) is 12.2. The summed E-state index contributed by atoms with van der Waals surface area (Å²) in [5, 5.41) is 4.87. The maximum Gasteiger partial charge on any atom is 0.226 e. The van der Waals surface area contributed by atoms with E-state index in [4.69, 9.17) is 19.8 Å². The minimum Gasteiger partial charge on any atom is -0.378 e. The zero-order valence-corrected chi connectivity index (χ0v) is 21.0. The van der Waals surface area contributed by atoms with Crippen molar-refractivity contribution in [1.82, 2.24) is 19.7 Å². The largest absolute Gasteiger partial charge is 0.378 e. The molecule has 7 nitrogen and oxygen atoms in total. The van der Waals surface area contributed by atoms with Crippen molar-refractivity contribution in [1.29, 1.82) is 0 Å². The van der Waals surface area contributed by atoms with Gasteiger partial charge in [0.2, 0.25) is 5.95 Å². The number of rotatable bonds is 7. The SMILES string of the molecule is CCn1nc(C(C)(C)C)c2nc(N(Cc3cccc(N4CCOCC4)c3)CC(C)C)ncc21. The Hall–Kier alpha value is -2.67. The van der Waals surface area contributed by atoms with Crippen molar-refractivity contribution < 1.29 is 4.74 Å². The molecular formula is C26H38N6O. The van der Waals surface area contributed by atoms with Gasteiger partial charge in [-0.15, -0.1) is 0 Å². The molecule has 0 radical (unpaired) electrons. The third-order valence-electron chi connectivity index (χ3n) is 6.02. The van der Waals surface area contributed by atoms with Crippen LogP contribution >= 0.6 is 0 Å². The number of morpholine rings is 1. The van der Waals surface area contributed by atoms with Crippen LogP contribution in [0, 0.1) is 5.92 Å². The van der Waals surface area contributed by atoms with Crippen molar-refractivity contribution in [3.8, 4) is 0 Å². The lowest BCUT2D eigenvalue weighted by Gasteiger charge is -2.30. The van der Waals surface area contributed by atoms with Crippen LogP contribution < -0.4 is 9.80 Å². The zero-order chi connectivity index (χ0) is 23.6. The third-order valence-corrected chi connectivity index (χ3v) is 6.02. The highest BCUT2D eigenvalue weighted by molar-refractivity contribution is 5.79. The van der Waals surface area contributed by atoms with Gasteiger partial charge in [-0.3, -0.25) is 4.68 Å². The van der Waals surface area contributed by atoms with E-state index in [1.165, 1.54) is 11.3 Å². The van der Waals surface area contributed by atoms with E-state index >= 15 is 0 Å². The Balaban J connectivity index is 1.68. The van der Waals surface area contributed by atoms with E-state index in [0.29, 0.717) is 5.92 Å². The zero-order valence-electron chi connectivity index (χ0n) is 21.0. The molecule has 3 aromatic rings. The number of nitrogens with zero attached hydrogens (tertiary/aromatic N) is 6. The summed E-state index contributed by atoms with van der Waals surface area (Å²) in [5.74, 6) is 1.27. The van der Waals surface area contributed by atoms with Crippen LogP contribution in [0.4, 0.5) is 11.6 Å². The van der Waals surface area contributed by atoms with Crippen molar-refractivity contribution in [3.63, 3.8) is 0 Å². The standard InChI is InChI=1S/C26H38N6O/c1-7-32-22-16-27-25(28-23(22)24(29-32)26(4,5)6)31(17-19(2)3)18-20-9-8-10-21(15-20)30-11-13-33-14-12-30/h8-10,15-16,19H,7,11-14,17-18H2,1-6H3. The molecule has 7 heteroatoms. The molecule has 1 aromatic carbocycles. The Bertz CT molecular complexity index is 1080. The first-order chi connectivity index (χ1) is 15.8. The summed E-state index contributed by atoms with van der Waals surface area (Å²) in [6, 6.07) is 8.85. The molecule has 0 saturated carbocycles. The van der Waals surface area contributed by atoms with Crippen LogP contribution in [0.15, 0.2) is 30.5 Å². The summed E-state index contributed by atoms with van der Waals surface area (Å²) in [7, 11) is 0. The normalized spacial score (nSPS) is 14.9. The van der Waals surface area contributed by atoms with E-state index in [0.717, 1.165) is 68.6 Å². The lowest BCUT2D eigenvalue weighted by molar-refractivity contribution is 0.122. The molecule has 0 unspecified atom stereocenters. The molecule has 0 spiro atoms. The van der Waals surface area contributed by atoms with Gasteiger partial charge in [-0.1, -0.05) is 46.8 Å². The number of anilines is 2. The van der Waals surface area contributed by atoms with Gasteiger partial charge in [0.05, 0.1) is 25.1 Å². The highest BCUT2D eigenvalue weighted by atomic mass is 16.5. The smallest absolute Gasteiger partial charge is 0.226 e. The minimum atomic E-state index is -0.0837. The fourth-order valence-corrected chi connectivity index (χ4v) is 4.40. The van der Waals surface area contributed by atoms with Gasteiger partial charge in [0.25, 0.3) is 0 Å². The molecule has 2 aromatic heterocycles. The van der Waals surface area contributed by atoms with Crippen LogP contribution in [0.2, 0.25) is 0 Å². The van der Waals surface area contributed by atoms with Gasteiger partial charge in [-0.2, -0.15) is 5.10 Å². The van der Waals surface area contributed by atoms with Crippen LogP contribution in [0.3, 0.4) is 0 Å². The van der Waals surface area contributed by atoms with E-state index in [9.17, 15) is 0 Å². The summed E-state index contributed by atoms with van der Waals surface area (Å²) < 4.78 is 7.53. The number of hydrogen-bond donors (Lipinski definition) is 0. The number of aromatic nitrogens is 4. The van der Waals surface area contributed by atoms with Gasteiger partial charge < -0.3 is 14.5 Å². The fourth-order valence-electron chi connectivity index (χ4n) is 4.40. The topological polar surface area (TPSA) is 59.3 Å². The Kier molecular flexibility index (Phi) is 6.88. The Morgan fingerprint density at radius 1 is 1.15 bits per heavy atom. The number of ether oxygens (including phenoxy) is 1. The number of benzene rings is 1. The van der Waals surface area contributed by atoms with Gasteiger partial charge in [0, 0.05) is 43.8 Å². The Labute approximate surface area is 197 Å². The second kappa shape index (κ2) is 9.67. The van der Waals surface area contributed by atoms with Crippen molar-refractivity contribution in [2.24, 2.45) is 5.92 Å². The lowest BCUT2D eigenvalue weighted by atomic mass is 9.91. The molecule has 0 aliphatic carbocycles. The minimum absolute atomic E-state index is 0.0837. The van der Waals surface area contributed by atoms with Crippen LogP contribution in [0.5, 0.6) is 0 Å². The van der Waals surface area contributed by atoms with Gasteiger partial charge in [-0.25, -0.2) is 9.97 Å². The number of fused-ring (bicyclic) bond motifs is 1. The molecule has 0 amide bonds. The molecule has 1 fully saturated rings. The van der Waals surface area contributed by atoms with Crippen LogP contribution in [0.1, 0.15) is 52.8 Å². The summed E-state index contributed by atoms with van der Waals surface area (Å²) in [4.78, 5) is 14.6. The quantitative estimate of drug-likeness (QED) is 0.523. The molecule has 1 aliphatic rings. The molecule has 0 atom stereocenters. The average molecular weight is 451 g/mol. The molecule has 33 heavy (non-hydrogen) atoms. The summed E-state index contributed by atoms with van der Waals surface area (Å²) in [6.45, 7) is 19.1. The predicted molar refractivity (Wildman–Crippen MR) is 135 cm³/mol. The van der Waals surface area contributed by atoms with E-state index < -0.39 is 0 Å². The van der Waals surface area contributed by atoms with Gasteiger partial charge in [0.1, 0.15) is 11.0 Å². The Morgan fingerprint density at radius 3 is 2.58 bits per heavy atom. The molecule has 0 N–H and O–H groups in total. The number of aryl methyl sites for hydroxylation is 1.